The summed E-state index contributed by atoms with van der Waals surface area (Å²) in [6, 6.07) is 16.2. The van der Waals surface area contributed by atoms with Crippen LogP contribution in [-0.4, -0.2) is 56.0 Å². The van der Waals surface area contributed by atoms with E-state index < -0.39 is 17.5 Å². The number of hydrogen-bond acceptors (Lipinski definition) is 5. The zero-order valence-corrected chi connectivity index (χ0v) is 19.7. The van der Waals surface area contributed by atoms with Crippen LogP contribution in [0.1, 0.15) is 36.8 Å². The summed E-state index contributed by atoms with van der Waals surface area (Å²) in [7, 11) is 0. The highest BCUT2D eigenvalue weighted by atomic mass is 16.5. The van der Waals surface area contributed by atoms with Crippen molar-refractivity contribution in [3.8, 4) is 11.1 Å². The fourth-order valence-electron chi connectivity index (χ4n) is 4.71. The Morgan fingerprint density at radius 2 is 1.74 bits per heavy atom. The summed E-state index contributed by atoms with van der Waals surface area (Å²) >= 11 is 0. The Balaban J connectivity index is 1.36. The lowest BCUT2D eigenvalue weighted by Crippen LogP contribution is -2.53. The highest BCUT2D eigenvalue weighted by Gasteiger charge is 2.41. The number of ether oxygens (including phenoxy) is 2. The minimum absolute atomic E-state index is 0.0484. The molecule has 184 valence electrons. The third-order valence-corrected chi connectivity index (χ3v) is 6.73. The molecule has 0 saturated carbocycles. The second-order valence-electron chi connectivity index (χ2n) is 9.02. The Labute approximate surface area is 204 Å². The molecule has 3 N–H and O–H groups in total. The number of carbonyl (C=O) groups excluding carboxylic acids is 2. The summed E-state index contributed by atoms with van der Waals surface area (Å²) in [5.41, 5.74) is 3.77. The molecule has 2 aromatic rings. The van der Waals surface area contributed by atoms with Crippen LogP contribution < -0.4 is 10.6 Å². The third kappa shape index (κ3) is 5.38. The minimum atomic E-state index is -1.04. The Kier molecular flexibility index (Phi) is 7.51. The predicted octanol–water partition coefficient (Wildman–Crippen LogP) is 3.47. The van der Waals surface area contributed by atoms with E-state index in [-0.39, 0.29) is 43.7 Å². The molecule has 0 spiro atoms. The van der Waals surface area contributed by atoms with Crippen LogP contribution >= 0.6 is 0 Å². The number of rotatable bonds is 8. The van der Waals surface area contributed by atoms with E-state index >= 15 is 0 Å². The Morgan fingerprint density at radius 3 is 2.34 bits per heavy atom. The molecule has 1 heterocycles. The van der Waals surface area contributed by atoms with Gasteiger partial charge in [0, 0.05) is 31.2 Å². The molecule has 2 aromatic carbocycles. The van der Waals surface area contributed by atoms with Gasteiger partial charge < -0.3 is 25.2 Å². The quantitative estimate of drug-likeness (QED) is 0.501. The first-order valence-electron chi connectivity index (χ1n) is 11.8. The average Bonchev–Trinajstić information content (AvgIpc) is 3.20. The van der Waals surface area contributed by atoms with Gasteiger partial charge in [-0.15, -0.1) is 0 Å². The van der Waals surface area contributed by atoms with Crippen LogP contribution in [0.25, 0.3) is 11.1 Å². The van der Waals surface area contributed by atoms with Crippen molar-refractivity contribution >= 4 is 18.0 Å². The number of amides is 2. The van der Waals surface area contributed by atoms with Gasteiger partial charge in [-0.1, -0.05) is 54.6 Å². The lowest BCUT2D eigenvalue weighted by atomic mass is 9.81. The van der Waals surface area contributed by atoms with Gasteiger partial charge in [-0.05, 0) is 42.0 Å². The molecule has 0 bridgehead atoms. The van der Waals surface area contributed by atoms with Crippen molar-refractivity contribution in [2.75, 3.05) is 32.9 Å². The first-order valence-corrected chi connectivity index (χ1v) is 11.8. The van der Waals surface area contributed by atoms with Crippen molar-refractivity contribution in [1.29, 1.82) is 0 Å². The summed E-state index contributed by atoms with van der Waals surface area (Å²) in [6.45, 7) is 2.53. The SMILES string of the molecule is C/C(=C\CNC(=O)C1(CNC(=O)OCC2c3ccccc3-c3ccccc32)CCCOC1)C(=O)O. The van der Waals surface area contributed by atoms with E-state index in [0.29, 0.717) is 19.4 Å². The molecule has 0 radical (unpaired) electrons. The van der Waals surface area contributed by atoms with Gasteiger partial charge in [0.25, 0.3) is 0 Å². The molecule has 4 rings (SSSR count). The fraction of sp³-hybridized carbons (Fsp3) is 0.370. The summed E-state index contributed by atoms with van der Waals surface area (Å²) in [4.78, 5) is 36.5. The molecule has 1 aliphatic carbocycles. The number of carboxylic acids is 1. The number of benzene rings is 2. The molecule has 2 aliphatic rings. The van der Waals surface area contributed by atoms with E-state index in [1.54, 1.807) is 0 Å². The first-order chi connectivity index (χ1) is 16.9. The summed E-state index contributed by atoms with van der Waals surface area (Å²) in [6.07, 6.45) is 2.08. The van der Waals surface area contributed by atoms with E-state index in [2.05, 4.69) is 34.9 Å². The lowest BCUT2D eigenvalue weighted by molar-refractivity contribution is -0.138. The number of nitrogens with one attached hydrogen (secondary N) is 2. The van der Waals surface area contributed by atoms with Crippen molar-refractivity contribution in [2.24, 2.45) is 5.41 Å². The Bertz CT molecular complexity index is 1090. The molecule has 8 heteroatoms. The number of carbonyl (C=O) groups is 3. The maximum atomic E-state index is 13.0. The second kappa shape index (κ2) is 10.7. The molecule has 1 atom stereocenters. The van der Waals surface area contributed by atoms with Gasteiger partial charge >= 0.3 is 12.1 Å². The molecule has 1 saturated heterocycles. The zero-order valence-electron chi connectivity index (χ0n) is 19.7. The minimum Gasteiger partial charge on any atom is -0.478 e. The van der Waals surface area contributed by atoms with Gasteiger partial charge in [-0.2, -0.15) is 0 Å². The van der Waals surface area contributed by atoms with Crippen molar-refractivity contribution in [2.45, 2.75) is 25.7 Å². The van der Waals surface area contributed by atoms with Crippen LogP contribution in [0.2, 0.25) is 0 Å². The number of fused-ring (bicyclic) bond motifs is 3. The highest BCUT2D eigenvalue weighted by Crippen LogP contribution is 2.44. The van der Waals surface area contributed by atoms with Crippen LogP contribution in [0.4, 0.5) is 4.79 Å². The highest BCUT2D eigenvalue weighted by molar-refractivity contribution is 5.87. The third-order valence-electron chi connectivity index (χ3n) is 6.73. The van der Waals surface area contributed by atoms with E-state index in [1.807, 2.05) is 24.3 Å². The van der Waals surface area contributed by atoms with Crippen molar-refractivity contribution in [1.82, 2.24) is 10.6 Å². The van der Waals surface area contributed by atoms with Gasteiger partial charge in [0.2, 0.25) is 5.91 Å². The maximum absolute atomic E-state index is 13.0. The Hall–Kier alpha value is -3.65. The predicted molar refractivity (Wildman–Crippen MR) is 130 cm³/mol. The topological polar surface area (TPSA) is 114 Å². The van der Waals surface area contributed by atoms with E-state index in [9.17, 15) is 14.4 Å². The Morgan fingerprint density at radius 1 is 1.09 bits per heavy atom. The fourth-order valence-corrected chi connectivity index (χ4v) is 4.71. The molecular formula is C27H30N2O6. The average molecular weight is 479 g/mol. The van der Waals surface area contributed by atoms with Gasteiger partial charge in [0.05, 0.1) is 12.0 Å². The maximum Gasteiger partial charge on any atom is 0.407 e. The molecule has 1 unspecified atom stereocenters. The van der Waals surface area contributed by atoms with Crippen molar-refractivity contribution in [3.05, 3.63) is 71.3 Å². The summed E-state index contributed by atoms with van der Waals surface area (Å²) < 4.78 is 11.2. The van der Waals surface area contributed by atoms with Gasteiger partial charge in [-0.3, -0.25) is 4.79 Å². The van der Waals surface area contributed by atoms with Crippen LogP contribution in [0, 0.1) is 5.41 Å². The number of aliphatic carboxylic acids is 1. The molecular weight excluding hydrogens is 448 g/mol. The monoisotopic (exact) mass is 478 g/mol. The van der Waals surface area contributed by atoms with E-state index in [4.69, 9.17) is 14.6 Å². The lowest BCUT2D eigenvalue weighted by Gasteiger charge is -2.35. The van der Waals surface area contributed by atoms with Crippen LogP contribution in [0.3, 0.4) is 0 Å². The number of hydrogen-bond donors (Lipinski definition) is 3. The van der Waals surface area contributed by atoms with Gasteiger partial charge in [0.1, 0.15) is 6.61 Å². The molecule has 1 aliphatic heterocycles. The summed E-state index contributed by atoms with van der Waals surface area (Å²) in [5, 5.41) is 14.5. The van der Waals surface area contributed by atoms with E-state index in [0.717, 1.165) is 22.3 Å². The van der Waals surface area contributed by atoms with Gasteiger partial charge in [-0.25, -0.2) is 9.59 Å². The standard InChI is InChI=1S/C27H30N2O6/c1-18(24(30)31)11-13-28-25(32)27(12-6-14-34-17-27)16-29-26(33)35-15-23-21-9-4-2-7-19(21)20-8-3-5-10-22(20)23/h2-5,7-11,23H,6,12-17H2,1H3,(H,28,32)(H,29,33)(H,30,31)/b18-11+. The summed E-state index contributed by atoms with van der Waals surface area (Å²) in [5.74, 6) is -1.37. The largest absolute Gasteiger partial charge is 0.478 e. The molecule has 8 nitrogen and oxygen atoms in total. The number of alkyl carbamates (subject to hydrolysis) is 1. The first kappa shape index (κ1) is 24.5. The van der Waals surface area contributed by atoms with Crippen LogP contribution in [0.15, 0.2) is 60.2 Å². The van der Waals surface area contributed by atoms with Gasteiger partial charge in [0.15, 0.2) is 0 Å². The van der Waals surface area contributed by atoms with Crippen LogP contribution in [0.5, 0.6) is 0 Å². The smallest absolute Gasteiger partial charge is 0.407 e. The molecule has 0 aromatic heterocycles. The molecule has 1 fully saturated rings. The van der Waals surface area contributed by atoms with Crippen molar-refractivity contribution < 1.29 is 29.0 Å². The second-order valence-corrected chi connectivity index (χ2v) is 9.02. The zero-order chi connectivity index (χ0) is 24.8. The number of carboxylic acid groups (broad SMARTS) is 1. The van der Waals surface area contributed by atoms with Crippen LogP contribution in [-0.2, 0) is 19.1 Å². The van der Waals surface area contributed by atoms with Crippen molar-refractivity contribution in [3.63, 3.8) is 0 Å². The molecule has 35 heavy (non-hydrogen) atoms. The normalized spacial score (nSPS) is 19.4. The van der Waals surface area contributed by atoms with E-state index in [1.165, 1.54) is 13.0 Å². The molecule has 2 amide bonds.